The lowest BCUT2D eigenvalue weighted by Crippen LogP contribution is -2.38. The molecule has 1 aromatic heterocycles. The lowest BCUT2D eigenvalue weighted by atomic mass is 10.1. The minimum absolute atomic E-state index is 0.0489. The second kappa shape index (κ2) is 8.74. The van der Waals surface area contributed by atoms with Crippen molar-refractivity contribution in [1.82, 2.24) is 15.2 Å². The maximum atomic E-state index is 12.7. The number of anilines is 1. The largest absolute Gasteiger partial charge is 0.490 e. The number of aromatic nitrogens is 1. The summed E-state index contributed by atoms with van der Waals surface area (Å²) in [5.41, 5.74) is 2.87. The first-order chi connectivity index (χ1) is 14.7. The molecular formula is C24H30N4O2. The molecular weight excluding hydrogens is 376 g/mol. The van der Waals surface area contributed by atoms with Crippen LogP contribution in [0.1, 0.15) is 49.3 Å². The van der Waals surface area contributed by atoms with Crippen LogP contribution >= 0.6 is 0 Å². The van der Waals surface area contributed by atoms with Gasteiger partial charge < -0.3 is 15.0 Å². The van der Waals surface area contributed by atoms with Crippen molar-refractivity contribution in [1.29, 1.82) is 0 Å². The SMILES string of the molecule is O=C(Nc1ccc(OC2CCN(CCC3CC3)CC2)cc1)C1NCc2cnccc21. The van der Waals surface area contributed by atoms with Crippen LogP contribution in [0.15, 0.2) is 42.7 Å². The third-order valence-electron chi connectivity index (χ3n) is 6.52. The molecule has 6 nitrogen and oxygen atoms in total. The molecule has 1 saturated heterocycles. The normalized spacial score (nSPS) is 21.9. The fraction of sp³-hybridized carbons (Fsp3) is 0.500. The topological polar surface area (TPSA) is 66.5 Å². The van der Waals surface area contributed by atoms with Crippen molar-refractivity contribution >= 4 is 11.6 Å². The van der Waals surface area contributed by atoms with E-state index < -0.39 is 0 Å². The molecule has 0 bridgehead atoms. The highest BCUT2D eigenvalue weighted by atomic mass is 16.5. The first kappa shape index (κ1) is 19.5. The number of pyridine rings is 1. The molecule has 0 radical (unpaired) electrons. The number of hydrogen-bond donors (Lipinski definition) is 2. The predicted molar refractivity (Wildman–Crippen MR) is 116 cm³/mol. The molecule has 1 atom stereocenters. The van der Waals surface area contributed by atoms with E-state index in [2.05, 4.69) is 20.5 Å². The van der Waals surface area contributed by atoms with Gasteiger partial charge in [-0.05, 0) is 73.2 Å². The molecule has 1 unspecified atom stereocenters. The molecule has 1 amide bonds. The van der Waals surface area contributed by atoms with Crippen molar-refractivity contribution in [3.05, 3.63) is 53.9 Å². The van der Waals surface area contributed by atoms with Crippen molar-refractivity contribution in [3.8, 4) is 5.75 Å². The molecule has 3 heterocycles. The molecule has 1 aliphatic carbocycles. The van der Waals surface area contributed by atoms with Gasteiger partial charge in [0.2, 0.25) is 5.91 Å². The molecule has 2 aliphatic heterocycles. The number of benzene rings is 1. The maximum absolute atomic E-state index is 12.7. The van der Waals surface area contributed by atoms with Gasteiger partial charge in [-0.15, -0.1) is 0 Å². The summed E-state index contributed by atoms with van der Waals surface area (Å²) in [6, 6.07) is 9.32. The Morgan fingerprint density at radius 3 is 2.70 bits per heavy atom. The summed E-state index contributed by atoms with van der Waals surface area (Å²) in [5, 5.41) is 6.25. The van der Waals surface area contributed by atoms with Crippen LogP contribution in [0, 0.1) is 5.92 Å². The van der Waals surface area contributed by atoms with Gasteiger partial charge in [0.15, 0.2) is 0 Å². The summed E-state index contributed by atoms with van der Waals surface area (Å²) in [6.45, 7) is 4.20. The van der Waals surface area contributed by atoms with Crippen LogP contribution in [0.5, 0.6) is 5.75 Å². The molecule has 30 heavy (non-hydrogen) atoms. The van der Waals surface area contributed by atoms with Crippen molar-refractivity contribution < 1.29 is 9.53 Å². The Labute approximate surface area is 178 Å². The van der Waals surface area contributed by atoms with Gasteiger partial charge in [-0.2, -0.15) is 0 Å². The Balaban J connectivity index is 1.10. The number of carbonyl (C=O) groups is 1. The highest BCUT2D eigenvalue weighted by Crippen LogP contribution is 2.33. The fourth-order valence-electron chi connectivity index (χ4n) is 4.47. The van der Waals surface area contributed by atoms with E-state index in [4.69, 9.17) is 4.74 Å². The van der Waals surface area contributed by atoms with Crippen LogP contribution < -0.4 is 15.4 Å². The highest BCUT2D eigenvalue weighted by Gasteiger charge is 2.28. The lowest BCUT2D eigenvalue weighted by Gasteiger charge is -2.32. The van der Waals surface area contributed by atoms with E-state index in [0.29, 0.717) is 6.54 Å². The number of likely N-dealkylation sites (tertiary alicyclic amines) is 1. The fourth-order valence-corrected chi connectivity index (χ4v) is 4.47. The Morgan fingerprint density at radius 2 is 1.93 bits per heavy atom. The van der Waals surface area contributed by atoms with Crippen LogP contribution in [-0.2, 0) is 11.3 Å². The zero-order chi connectivity index (χ0) is 20.3. The van der Waals surface area contributed by atoms with E-state index in [0.717, 1.165) is 54.4 Å². The number of ether oxygens (including phenoxy) is 1. The molecule has 1 aromatic carbocycles. The second-order valence-corrected chi connectivity index (χ2v) is 8.79. The number of nitrogens with zero attached hydrogens (tertiary/aromatic N) is 2. The van der Waals surface area contributed by atoms with Gasteiger partial charge in [0.05, 0.1) is 0 Å². The standard InChI is InChI=1S/C24H30N4O2/c29-24(23-22-7-11-25-15-18(22)16-26-23)27-19-3-5-20(6-4-19)30-21-9-13-28(14-10-21)12-8-17-1-2-17/h3-7,11,15,17,21,23,26H,1-2,8-10,12-14,16H2,(H,27,29). The van der Waals surface area contributed by atoms with Gasteiger partial charge in [-0.1, -0.05) is 12.8 Å². The van der Waals surface area contributed by atoms with E-state index in [-0.39, 0.29) is 18.1 Å². The van der Waals surface area contributed by atoms with Crippen molar-refractivity contribution in [3.63, 3.8) is 0 Å². The number of amides is 1. The number of rotatable bonds is 7. The predicted octanol–water partition coefficient (Wildman–Crippen LogP) is 3.51. The molecule has 5 rings (SSSR count). The number of piperidine rings is 1. The highest BCUT2D eigenvalue weighted by molar-refractivity contribution is 5.96. The monoisotopic (exact) mass is 406 g/mol. The third kappa shape index (κ3) is 4.65. The van der Waals surface area contributed by atoms with Gasteiger partial charge in [-0.3, -0.25) is 15.1 Å². The van der Waals surface area contributed by atoms with Crippen LogP contribution in [0.2, 0.25) is 0 Å². The number of carbonyl (C=O) groups excluding carboxylic acids is 1. The summed E-state index contributed by atoms with van der Waals surface area (Å²) in [7, 11) is 0. The molecule has 2 aromatic rings. The first-order valence-electron chi connectivity index (χ1n) is 11.2. The minimum atomic E-state index is -0.330. The number of nitrogens with one attached hydrogen (secondary N) is 2. The van der Waals surface area contributed by atoms with Crippen molar-refractivity contribution in [2.24, 2.45) is 5.92 Å². The summed E-state index contributed by atoms with van der Waals surface area (Å²) < 4.78 is 6.19. The third-order valence-corrected chi connectivity index (χ3v) is 6.52. The molecule has 6 heteroatoms. The van der Waals surface area contributed by atoms with Crippen molar-refractivity contribution in [2.45, 2.75) is 50.8 Å². The summed E-state index contributed by atoms with van der Waals surface area (Å²) in [6.07, 6.45) is 10.3. The van der Waals surface area contributed by atoms with Gasteiger partial charge >= 0.3 is 0 Å². The van der Waals surface area contributed by atoms with Crippen LogP contribution in [0.25, 0.3) is 0 Å². The maximum Gasteiger partial charge on any atom is 0.246 e. The average Bonchev–Trinajstić information content (AvgIpc) is 3.51. The molecule has 0 spiro atoms. The van der Waals surface area contributed by atoms with Gasteiger partial charge in [0.25, 0.3) is 0 Å². The Bertz CT molecular complexity index is 873. The molecule has 158 valence electrons. The van der Waals surface area contributed by atoms with E-state index >= 15 is 0 Å². The van der Waals surface area contributed by atoms with E-state index in [1.807, 2.05) is 36.5 Å². The van der Waals surface area contributed by atoms with Crippen LogP contribution in [0.3, 0.4) is 0 Å². The quantitative estimate of drug-likeness (QED) is 0.737. The van der Waals surface area contributed by atoms with Gasteiger partial charge in [0.1, 0.15) is 17.9 Å². The Hall–Kier alpha value is -2.44. The van der Waals surface area contributed by atoms with Crippen LogP contribution in [-0.4, -0.2) is 41.5 Å². The number of hydrogen-bond acceptors (Lipinski definition) is 5. The minimum Gasteiger partial charge on any atom is -0.490 e. The average molecular weight is 407 g/mol. The molecule has 1 saturated carbocycles. The van der Waals surface area contributed by atoms with Gasteiger partial charge in [-0.25, -0.2) is 0 Å². The smallest absolute Gasteiger partial charge is 0.246 e. The second-order valence-electron chi connectivity index (χ2n) is 8.79. The number of fused-ring (bicyclic) bond motifs is 1. The summed E-state index contributed by atoms with van der Waals surface area (Å²) in [5.74, 6) is 1.83. The Morgan fingerprint density at radius 1 is 1.13 bits per heavy atom. The zero-order valence-electron chi connectivity index (χ0n) is 17.3. The molecule has 2 N–H and O–H groups in total. The summed E-state index contributed by atoms with van der Waals surface area (Å²) >= 11 is 0. The van der Waals surface area contributed by atoms with Crippen LogP contribution in [0.4, 0.5) is 5.69 Å². The van der Waals surface area contributed by atoms with E-state index in [1.165, 1.54) is 25.8 Å². The first-order valence-corrected chi connectivity index (χ1v) is 11.2. The zero-order valence-corrected chi connectivity index (χ0v) is 17.3. The van der Waals surface area contributed by atoms with Crippen molar-refractivity contribution in [2.75, 3.05) is 25.0 Å². The van der Waals surface area contributed by atoms with Gasteiger partial charge in [0, 0.05) is 37.7 Å². The molecule has 3 aliphatic rings. The lowest BCUT2D eigenvalue weighted by molar-refractivity contribution is -0.118. The van der Waals surface area contributed by atoms with E-state index in [9.17, 15) is 4.79 Å². The van der Waals surface area contributed by atoms with E-state index in [1.54, 1.807) is 6.20 Å². The summed E-state index contributed by atoms with van der Waals surface area (Å²) in [4.78, 5) is 19.4. The Kier molecular flexibility index (Phi) is 5.69. The molecule has 2 fully saturated rings.